The lowest BCUT2D eigenvalue weighted by Crippen LogP contribution is -2.48. The standard InChI is InChI=1S/C20H25N3O2/c1-15-13-23(11-10-21-15)14-16-4-3-5-18(12-16)22-20(24)17-6-8-19(25-2)9-7-17/h3-9,12,15,21H,10-11,13-14H2,1-2H3,(H,22,24). The van der Waals surface area contributed by atoms with Crippen molar-refractivity contribution in [2.75, 3.05) is 32.1 Å². The van der Waals surface area contributed by atoms with Crippen molar-refractivity contribution in [3.05, 3.63) is 59.7 Å². The van der Waals surface area contributed by atoms with Gasteiger partial charge in [0, 0.05) is 43.5 Å². The van der Waals surface area contributed by atoms with Crippen molar-refractivity contribution < 1.29 is 9.53 Å². The number of nitrogens with zero attached hydrogens (tertiary/aromatic N) is 1. The molecule has 0 radical (unpaired) electrons. The number of amides is 1. The maximum Gasteiger partial charge on any atom is 0.255 e. The first-order valence-corrected chi connectivity index (χ1v) is 8.64. The van der Waals surface area contributed by atoms with Crippen LogP contribution in [0.2, 0.25) is 0 Å². The zero-order chi connectivity index (χ0) is 17.6. The number of hydrogen-bond acceptors (Lipinski definition) is 4. The maximum atomic E-state index is 12.4. The monoisotopic (exact) mass is 339 g/mol. The number of carbonyl (C=O) groups is 1. The Balaban J connectivity index is 1.63. The molecule has 0 spiro atoms. The molecule has 25 heavy (non-hydrogen) atoms. The molecule has 5 nitrogen and oxygen atoms in total. The molecule has 1 atom stereocenters. The van der Waals surface area contributed by atoms with Crippen molar-refractivity contribution in [1.82, 2.24) is 10.2 Å². The normalized spacial score (nSPS) is 17.9. The van der Waals surface area contributed by atoms with Crippen molar-refractivity contribution in [3.8, 4) is 5.75 Å². The summed E-state index contributed by atoms with van der Waals surface area (Å²) in [5.41, 5.74) is 2.64. The van der Waals surface area contributed by atoms with Crippen LogP contribution in [-0.2, 0) is 6.54 Å². The quantitative estimate of drug-likeness (QED) is 0.879. The van der Waals surface area contributed by atoms with Crippen molar-refractivity contribution in [2.45, 2.75) is 19.5 Å². The Labute approximate surface area is 149 Å². The van der Waals surface area contributed by atoms with E-state index in [0.717, 1.165) is 37.6 Å². The molecule has 0 aliphatic carbocycles. The fourth-order valence-corrected chi connectivity index (χ4v) is 3.11. The fourth-order valence-electron chi connectivity index (χ4n) is 3.11. The van der Waals surface area contributed by atoms with Crippen molar-refractivity contribution >= 4 is 11.6 Å². The summed E-state index contributed by atoms with van der Waals surface area (Å²) in [6.45, 7) is 6.22. The number of piperazine rings is 1. The van der Waals surface area contributed by atoms with Gasteiger partial charge in [-0.25, -0.2) is 0 Å². The molecule has 0 aromatic heterocycles. The molecule has 1 saturated heterocycles. The summed E-state index contributed by atoms with van der Waals surface area (Å²) < 4.78 is 5.12. The van der Waals surface area contributed by atoms with Crippen LogP contribution in [0, 0.1) is 0 Å². The molecular weight excluding hydrogens is 314 g/mol. The highest BCUT2D eigenvalue weighted by Crippen LogP contribution is 2.16. The van der Waals surface area contributed by atoms with Gasteiger partial charge in [0.25, 0.3) is 5.91 Å². The van der Waals surface area contributed by atoms with Crippen molar-refractivity contribution in [1.29, 1.82) is 0 Å². The number of anilines is 1. The molecule has 0 saturated carbocycles. The second kappa shape index (κ2) is 8.14. The topological polar surface area (TPSA) is 53.6 Å². The lowest BCUT2D eigenvalue weighted by molar-refractivity contribution is 0.102. The Morgan fingerprint density at radius 1 is 1.28 bits per heavy atom. The van der Waals surface area contributed by atoms with Gasteiger partial charge >= 0.3 is 0 Å². The number of methoxy groups -OCH3 is 1. The van der Waals surface area contributed by atoms with Gasteiger partial charge in [-0.3, -0.25) is 9.69 Å². The molecule has 2 aromatic carbocycles. The van der Waals surface area contributed by atoms with Gasteiger partial charge in [0.15, 0.2) is 0 Å². The Hall–Kier alpha value is -2.37. The zero-order valence-electron chi connectivity index (χ0n) is 14.8. The van der Waals surface area contributed by atoms with Crippen LogP contribution < -0.4 is 15.4 Å². The van der Waals surface area contributed by atoms with E-state index in [2.05, 4.69) is 28.5 Å². The van der Waals surface area contributed by atoms with E-state index in [0.29, 0.717) is 11.6 Å². The minimum absolute atomic E-state index is 0.115. The van der Waals surface area contributed by atoms with Gasteiger partial charge in [-0.1, -0.05) is 12.1 Å². The molecule has 1 unspecified atom stereocenters. The van der Waals surface area contributed by atoms with Crippen LogP contribution in [0.25, 0.3) is 0 Å². The van der Waals surface area contributed by atoms with Crippen LogP contribution in [0.4, 0.5) is 5.69 Å². The molecule has 132 valence electrons. The van der Waals surface area contributed by atoms with Gasteiger partial charge in [-0.15, -0.1) is 0 Å². The van der Waals surface area contributed by atoms with Crippen molar-refractivity contribution in [2.24, 2.45) is 0 Å². The summed E-state index contributed by atoms with van der Waals surface area (Å²) in [5.74, 6) is 0.624. The third-order valence-electron chi connectivity index (χ3n) is 4.40. The molecule has 1 fully saturated rings. The average molecular weight is 339 g/mol. The third-order valence-corrected chi connectivity index (χ3v) is 4.40. The lowest BCUT2D eigenvalue weighted by atomic mass is 10.1. The largest absolute Gasteiger partial charge is 0.497 e. The minimum Gasteiger partial charge on any atom is -0.497 e. The highest BCUT2D eigenvalue weighted by molar-refractivity contribution is 6.04. The van der Waals surface area contributed by atoms with E-state index < -0.39 is 0 Å². The minimum atomic E-state index is -0.115. The van der Waals surface area contributed by atoms with E-state index in [1.165, 1.54) is 5.56 Å². The third kappa shape index (κ3) is 4.81. The number of carbonyl (C=O) groups excluding carboxylic acids is 1. The van der Waals surface area contributed by atoms with Gasteiger partial charge in [-0.2, -0.15) is 0 Å². The van der Waals surface area contributed by atoms with Gasteiger partial charge in [0.05, 0.1) is 7.11 Å². The number of rotatable bonds is 5. The molecule has 2 N–H and O–H groups in total. The number of hydrogen-bond donors (Lipinski definition) is 2. The Morgan fingerprint density at radius 3 is 2.80 bits per heavy atom. The van der Waals surface area contributed by atoms with Crippen molar-refractivity contribution in [3.63, 3.8) is 0 Å². The van der Waals surface area contributed by atoms with E-state index in [1.807, 2.05) is 18.2 Å². The SMILES string of the molecule is COc1ccc(C(=O)Nc2cccc(CN3CCNC(C)C3)c2)cc1. The molecular formula is C20H25N3O2. The summed E-state index contributed by atoms with van der Waals surface area (Å²) in [6, 6.07) is 15.7. The second-order valence-electron chi connectivity index (χ2n) is 6.47. The van der Waals surface area contributed by atoms with Crippen LogP contribution in [0.1, 0.15) is 22.8 Å². The average Bonchev–Trinajstić information content (AvgIpc) is 2.62. The predicted molar refractivity (Wildman–Crippen MR) is 100 cm³/mol. The molecule has 2 aromatic rings. The van der Waals surface area contributed by atoms with Gasteiger partial charge in [-0.05, 0) is 48.9 Å². The highest BCUT2D eigenvalue weighted by atomic mass is 16.5. The van der Waals surface area contributed by atoms with E-state index >= 15 is 0 Å². The molecule has 3 rings (SSSR count). The first-order chi connectivity index (χ1) is 12.1. The van der Waals surface area contributed by atoms with Gasteiger partial charge in [0.2, 0.25) is 0 Å². The second-order valence-corrected chi connectivity index (χ2v) is 6.47. The summed E-state index contributed by atoms with van der Waals surface area (Å²) in [7, 11) is 1.61. The van der Waals surface area contributed by atoms with Crippen LogP contribution in [0.3, 0.4) is 0 Å². The van der Waals surface area contributed by atoms with Crippen LogP contribution >= 0.6 is 0 Å². The Kier molecular flexibility index (Phi) is 5.68. The first-order valence-electron chi connectivity index (χ1n) is 8.64. The number of ether oxygens (including phenoxy) is 1. The summed E-state index contributed by atoms with van der Waals surface area (Å²) in [6.07, 6.45) is 0. The first kappa shape index (κ1) is 17.5. The fraction of sp³-hybridized carbons (Fsp3) is 0.350. The maximum absolute atomic E-state index is 12.4. The Bertz CT molecular complexity index is 715. The van der Waals surface area contributed by atoms with Crippen LogP contribution in [0.5, 0.6) is 5.75 Å². The van der Waals surface area contributed by atoms with E-state index in [9.17, 15) is 4.79 Å². The molecule has 1 aliphatic heterocycles. The predicted octanol–water partition coefficient (Wildman–Crippen LogP) is 2.74. The van der Waals surface area contributed by atoms with E-state index in [1.54, 1.807) is 31.4 Å². The van der Waals surface area contributed by atoms with E-state index in [4.69, 9.17) is 4.74 Å². The Morgan fingerprint density at radius 2 is 2.08 bits per heavy atom. The number of nitrogens with one attached hydrogen (secondary N) is 2. The molecule has 1 aliphatic rings. The molecule has 1 amide bonds. The molecule has 5 heteroatoms. The molecule has 1 heterocycles. The highest BCUT2D eigenvalue weighted by Gasteiger charge is 2.15. The smallest absolute Gasteiger partial charge is 0.255 e. The lowest BCUT2D eigenvalue weighted by Gasteiger charge is -2.31. The summed E-state index contributed by atoms with van der Waals surface area (Å²) >= 11 is 0. The molecule has 0 bridgehead atoms. The van der Waals surface area contributed by atoms with Gasteiger partial charge < -0.3 is 15.4 Å². The van der Waals surface area contributed by atoms with Gasteiger partial charge in [0.1, 0.15) is 5.75 Å². The summed E-state index contributed by atoms with van der Waals surface area (Å²) in [5, 5.41) is 6.43. The van der Waals surface area contributed by atoms with E-state index in [-0.39, 0.29) is 5.91 Å². The van der Waals surface area contributed by atoms with Crippen LogP contribution in [0.15, 0.2) is 48.5 Å². The zero-order valence-corrected chi connectivity index (χ0v) is 14.8. The number of benzene rings is 2. The van der Waals surface area contributed by atoms with Crippen LogP contribution in [-0.4, -0.2) is 43.6 Å². The summed E-state index contributed by atoms with van der Waals surface area (Å²) in [4.78, 5) is 14.8.